The number of aliphatic carboxylic acids is 1. The van der Waals surface area contributed by atoms with Crippen LogP contribution in [0.2, 0.25) is 0 Å². The molecule has 1 aromatic heterocycles. The third-order valence-electron chi connectivity index (χ3n) is 3.41. The third kappa shape index (κ3) is 5.33. The molecule has 0 radical (unpaired) electrons. The number of nitrogens with zero attached hydrogens (tertiary/aromatic N) is 1. The zero-order chi connectivity index (χ0) is 18.7. The standard InChI is InChI=1S/C15H20F4N2O3/c1-14(2,16)7-11(13(23)24)21-8-9(4-5-20-3)10(6-12(21)22)15(17,18)19/h6,8,11,20H,4-5,7H2,1-3H3,(H,23,24). The van der Waals surface area contributed by atoms with Gasteiger partial charge in [0.25, 0.3) is 5.56 Å². The summed E-state index contributed by atoms with van der Waals surface area (Å²) in [6, 6.07) is -1.22. The molecule has 5 nitrogen and oxygen atoms in total. The van der Waals surface area contributed by atoms with Crippen LogP contribution in [0.5, 0.6) is 0 Å². The van der Waals surface area contributed by atoms with Crippen molar-refractivity contribution in [1.29, 1.82) is 0 Å². The average Bonchev–Trinajstić information content (AvgIpc) is 2.41. The van der Waals surface area contributed by atoms with E-state index in [9.17, 15) is 32.3 Å². The van der Waals surface area contributed by atoms with E-state index in [1.54, 1.807) is 7.05 Å². The molecule has 1 heterocycles. The molecule has 1 atom stereocenters. The molecule has 136 valence electrons. The lowest BCUT2D eigenvalue weighted by molar-refractivity contribution is -0.142. The molecule has 0 saturated carbocycles. The van der Waals surface area contributed by atoms with Crippen LogP contribution in [-0.2, 0) is 17.4 Å². The van der Waals surface area contributed by atoms with Crippen molar-refractivity contribution in [3.8, 4) is 0 Å². The molecule has 0 amide bonds. The van der Waals surface area contributed by atoms with Gasteiger partial charge in [-0.25, -0.2) is 9.18 Å². The van der Waals surface area contributed by atoms with Gasteiger partial charge in [0.05, 0.1) is 5.56 Å². The minimum absolute atomic E-state index is 0.0586. The molecular weight excluding hydrogens is 332 g/mol. The lowest BCUT2D eigenvalue weighted by Crippen LogP contribution is -2.35. The summed E-state index contributed by atoms with van der Waals surface area (Å²) in [4.78, 5) is 23.4. The molecule has 1 aromatic rings. The number of alkyl halides is 4. The van der Waals surface area contributed by atoms with E-state index in [1.807, 2.05) is 0 Å². The number of likely N-dealkylation sites (N-methyl/N-ethyl adjacent to an activating group) is 1. The van der Waals surface area contributed by atoms with Crippen LogP contribution in [0.25, 0.3) is 0 Å². The summed E-state index contributed by atoms with van der Waals surface area (Å²) < 4.78 is 53.7. The van der Waals surface area contributed by atoms with Gasteiger partial charge in [0.15, 0.2) is 0 Å². The van der Waals surface area contributed by atoms with Crippen molar-refractivity contribution in [3.63, 3.8) is 0 Å². The number of rotatable bonds is 7. The van der Waals surface area contributed by atoms with Crippen molar-refractivity contribution < 1.29 is 27.5 Å². The molecule has 1 rings (SSSR count). The molecule has 0 aliphatic carbocycles. The van der Waals surface area contributed by atoms with Gasteiger partial charge in [0.1, 0.15) is 11.7 Å². The first-order chi connectivity index (χ1) is 10.9. The van der Waals surface area contributed by atoms with Crippen molar-refractivity contribution in [3.05, 3.63) is 33.7 Å². The number of carboxylic acids is 1. The second-order valence-corrected chi connectivity index (χ2v) is 6.09. The Hall–Kier alpha value is -1.90. The third-order valence-corrected chi connectivity index (χ3v) is 3.41. The van der Waals surface area contributed by atoms with Gasteiger partial charge in [-0.05, 0) is 39.4 Å². The number of carbonyl (C=O) groups is 1. The Morgan fingerprint density at radius 2 is 1.92 bits per heavy atom. The summed E-state index contributed by atoms with van der Waals surface area (Å²) in [6.07, 6.45) is -4.47. The molecule has 0 saturated heterocycles. The van der Waals surface area contributed by atoms with Crippen LogP contribution in [-0.4, -0.2) is 34.9 Å². The average molecular weight is 352 g/mol. The predicted octanol–water partition coefficient (Wildman–Crippen LogP) is 2.39. The Morgan fingerprint density at radius 3 is 2.33 bits per heavy atom. The number of carboxylic acid groups (broad SMARTS) is 1. The maximum Gasteiger partial charge on any atom is 0.416 e. The van der Waals surface area contributed by atoms with Crippen LogP contribution in [0.3, 0.4) is 0 Å². The summed E-state index contributed by atoms with van der Waals surface area (Å²) in [5, 5.41) is 11.9. The number of hydrogen-bond acceptors (Lipinski definition) is 3. The summed E-state index contributed by atoms with van der Waals surface area (Å²) >= 11 is 0. The molecule has 2 N–H and O–H groups in total. The van der Waals surface area contributed by atoms with Crippen molar-refractivity contribution >= 4 is 5.97 Å². The van der Waals surface area contributed by atoms with Crippen LogP contribution in [0, 0.1) is 0 Å². The van der Waals surface area contributed by atoms with E-state index in [0.717, 1.165) is 20.0 Å². The summed E-state index contributed by atoms with van der Waals surface area (Å²) in [7, 11) is 1.55. The highest BCUT2D eigenvalue weighted by Crippen LogP contribution is 2.32. The SMILES string of the molecule is CNCCc1cn(C(CC(C)(C)F)C(=O)O)c(=O)cc1C(F)(F)F. The van der Waals surface area contributed by atoms with Gasteiger partial charge in [-0.15, -0.1) is 0 Å². The zero-order valence-corrected chi connectivity index (χ0v) is 13.6. The maximum atomic E-state index is 13.8. The van der Waals surface area contributed by atoms with E-state index in [4.69, 9.17) is 0 Å². The topological polar surface area (TPSA) is 71.3 Å². The van der Waals surface area contributed by atoms with E-state index >= 15 is 0 Å². The van der Waals surface area contributed by atoms with E-state index in [1.165, 1.54) is 0 Å². The maximum absolute atomic E-state index is 13.8. The minimum atomic E-state index is -4.74. The Labute approximate surface area is 136 Å². The van der Waals surface area contributed by atoms with Gasteiger partial charge in [0.2, 0.25) is 0 Å². The molecule has 0 fully saturated rings. The van der Waals surface area contributed by atoms with Crippen molar-refractivity contribution in [2.24, 2.45) is 0 Å². The van der Waals surface area contributed by atoms with Crippen LogP contribution in [0.4, 0.5) is 17.6 Å². The van der Waals surface area contributed by atoms with E-state index < -0.39 is 41.4 Å². The fourth-order valence-electron chi connectivity index (χ4n) is 2.32. The second-order valence-electron chi connectivity index (χ2n) is 6.09. The van der Waals surface area contributed by atoms with Gasteiger partial charge in [-0.1, -0.05) is 0 Å². The summed E-state index contributed by atoms with van der Waals surface area (Å²) in [6.45, 7) is 2.48. The Balaban J connectivity index is 3.47. The number of pyridine rings is 1. The molecule has 1 unspecified atom stereocenters. The van der Waals surface area contributed by atoms with Gasteiger partial charge < -0.3 is 15.0 Å². The fourth-order valence-corrected chi connectivity index (χ4v) is 2.32. The van der Waals surface area contributed by atoms with Crippen LogP contribution >= 0.6 is 0 Å². The molecule has 0 spiro atoms. The van der Waals surface area contributed by atoms with Crippen molar-refractivity contribution in [2.75, 3.05) is 13.6 Å². The fraction of sp³-hybridized carbons (Fsp3) is 0.600. The Bertz CT molecular complexity index is 648. The molecule has 24 heavy (non-hydrogen) atoms. The Kier molecular flexibility index (Phi) is 6.15. The van der Waals surface area contributed by atoms with Crippen molar-refractivity contribution in [2.45, 2.75) is 44.6 Å². The molecular formula is C15H20F4N2O3. The zero-order valence-electron chi connectivity index (χ0n) is 13.6. The largest absolute Gasteiger partial charge is 0.480 e. The van der Waals surface area contributed by atoms with Crippen LogP contribution in [0.1, 0.15) is 37.4 Å². The van der Waals surface area contributed by atoms with Gasteiger partial charge in [-0.2, -0.15) is 13.2 Å². The number of aromatic nitrogens is 1. The summed E-state index contributed by atoms with van der Waals surface area (Å²) in [5.41, 5.74) is -4.37. The second kappa shape index (κ2) is 7.33. The molecule has 0 aliphatic rings. The lowest BCUT2D eigenvalue weighted by Gasteiger charge is -2.23. The Morgan fingerprint density at radius 1 is 1.33 bits per heavy atom. The van der Waals surface area contributed by atoms with E-state index in [-0.39, 0.29) is 18.5 Å². The van der Waals surface area contributed by atoms with Crippen molar-refractivity contribution in [1.82, 2.24) is 9.88 Å². The number of halogens is 4. The highest BCUT2D eigenvalue weighted by atomic mass is 19.4. The molecule has 0 bridgehead atoms. The highest BCUT2D eigenvalue weighted by molar-refractivity contribution is 5.72. The summed E-state index contributed by atoms with van der Waals surface area (Å²) in [5.74, 6) is -1.48. The monoisotopic (exact) mass is 352 g/mol. The van der Waals surface area contributed by atoms with Gasteiger partial charge in [-0.3, -0.25) is 4.79 Å². The lowest BCUT2D eigenvalue weighted by atomic mass is 9.99. The normalized spacial score (nSPS) is 13.8. The van der Waals surface area contributed by atoms with Crippen LogP contribution in [0.15, 0.2) is 17.1 Å². The van der Waals surface area contributed by atoms with Crippen LogP contribution < -0.4 is 10.9 Å². The number of hydrogen-bond donors (Lipinski definition) is 2. The van der Waals surface area contributed by atoms with Gasteiger partial charge in [0, 0.05) is 18.7 Å². The predicted molar refractivity (Wildman–Crippen MR) is 79.8 cm³/mol. The van der Waals surface area contributed by atoms with E-state index in [0.29, 0.717) is 10.6 Å². The molecule has 0 aromatic carbocycles. The number of nitrogens with one attached hydrogen (secondary N) is 1. The van der Waals surface area contributed by atoms with Gasteiger partial charge >= 0.3 is 12.1 Å². The minimum Gasteiger partial charge on any atom is -0.480 e. The first-order valence-corrected chi connectivity index (χ1v) is 7.25. The van der Waals surface area contributed by atoms with E-state index in [2.05, 4.69) is 5.32 Å². The first kappa shape index (κ1) is 20.1. The highest BCUT2D eigenvalue weighted by Gasteiger charge is 2.36. The smallest absolute Gasteiger partial charge is 0.416 e. The molecule has 0 aliphatic heterocycles. The molecule has 9 heteroatoms. The quantitative estimate of drug-likeness (QED) is 0.739. The first-order valence-electron chi connectivity index (χ1n) is 7.25.